The minimum absolute atomic E-state index is 0.183. The van der Waals surface area contributed by atoms with Gasteiger partial charge in [0.05, 0.1) is 29.7 Å². The summed E-state index contributed by atoms with van der Waals surface area (Å²) in [7, 11) is -3.72. The molecule has 178 valence electrons. The first kappa shape index (κ1) is 24.9. The Labute approximate surface area is 198 Å². The zero-order chi connectivity index (χ0) is 24.7. The number of benzene rings is 3. The number of rotatable bonds is 9. The molecule has 0 bridgehead atoms. The van der Waals surface area contributed by atoms with Crippen molar-refractivity contribution >= 4 is 33.2 Å². The molecule has 2 amide bonds. The first-order valence-corrected chi connectivity index (χ1v) is 12.5. The molecule has 3 aromatic rings. The molecule has 0 fully saturated rings. The van der Waals surface area contributed by atoms with Crippen molar-refractivity contribution in [3.05, 3.63) is 95.3 Å². The van der Waals surface area contributed by atoms with Crippen molar-refractivity contribution in [2.45, 2.75) is 19.9 Å². The molecule has 0 aromatic heterocycles. The van der Waals surface area contributed by atoms with Crippen LogP contribution in [0.25, 0.3) is 0 Å². The molecule has 0 saturated heterocycles. The summed E-state index contributed by atoms with van der Waals surface area (Å²) in [6, 6.07) is 18.5. The highest BCUT2D eigenvalue weighted by Crippen LogP contribution is 2.23. The van der Waals surface area contributed by atoms with Gasteiger partial charge in [0.25, 0.3) is 11.8 Å². The maximum atomic E-state index is 14.1. The standard InChI is InChI=1S/C25H26FN3O4S/c1-3-16-27-25(31)21-9-5-7-11-23(21)28-24(30)18-12-14-20(15-13-18)29(34(2,32)33)17-19-8-4-6-10-22(19)26/h4-15H,3,16-17H2,1-2H3,(H,27,31)(H,28,30). The number of hydrogen-bond donors (Lipinski definition) is 2. The van der Waals surface area contributed by atoms with E-state index >= 15 is 0 Å². The van der Waals surface area contributed by atoms with Crippen molar-refractivity contribution in [1.29, 1.82) is 0 Å². The molecular weight excluding hydrogens is 457 g/mol. The number of amides is 2. The van der Waals surface area contributed by atoms with Gasteiger partial charge < -0.3 is 10.6 Å². The van der Waals surface area contributed by atoms with Gasteiger partial charge in [0.2, 0.25) is 10.0 Å². The Bertz CT molecular complexity index is 1280. The highest BCUT2D eigenvalue weighted by atomic mass is 32.2. The number of halogens is 1. The van der Waals surface area contributed by atoms with E-state index in [0.717, 1.165) is 17.0 Å². The van der Waals surface area contributed by atoms with Crippen LogP contribution in [-0.4, -0.2) is 33.0 Å². The predicted octanol–water partition coefficient (Wildman–Crippen LogP) is 4.18. The summed E-state index contributed by atoms with van der Waals surface area (Å²) in [5.41, 5.74) is 1.50. The van der Waals surface area contributed by atoms with E-state index in [1.54, 1.807) is 30.3 Å². The van der Waals surface area contributed by atoms with Crippen LogP contribution in [0, 0.1) is 5.82 Å². The van der Waals surface area contributed by atoms with Crippen LogP contribution in [0.3, 0.4) is 0 Å². The van der Waals surface area contributed by atoms with E-state index in [2.05, 4.69) is 10.6 Å². The van der Waals surface area contributed by atoms with E-state index in [-0.39, 0.29) is 23.6 Å². The maximum absolute atomic E-state index is 14.1. The third-order valence-electron chi connectivity index (χ3n) is 5.05. The fourth-order valence-electron chi connectivity index (χ4n) is 3.28. The molecule has 0 atom stereocenters. The van der Waals surface area contributed by atoms with Crippen LogP contribution in [0.1, 0.15) is 39.6 Å². The average Bonchev–Trinajstić information content (AvgIpc) is 2.81. The Hall–Kier alpha value is -3.72. The largest absolute Gasteiger partial charge is 0.352 e. The summed E-state index contributed by atoms with van der Waals surface area (Å²) in [5, 5.41) is 5.51. The minimum Gasteiger partial charge on any atom is -0.352 e. The number of para-hydroxylation sites is 1. The van der Waals surface area contributed by atoms with Crippen LogP contribution in [0.2, 0.25) is 0 Å². The van der Waals surface area contributed by atoms with Crippen molar-refractivity contribution in [2.75, 3.05) is 22.4 Å². The third kappa shape index (κ3) is 6.20. The molecule has 34 heavy (non-hydrogen) atoms. The molecule has 0 unspecified atom stereocenters. The predicted molar refractivity (Wildman–Crippen MR) is 131 cm³/mol. The Balaban J connectivity index is 1.80. The second-order valence-corrected chi connectivity index (χ2v) is 9.57. The lowest BCUT2D eigenvalue weighted by atomic mass is 10.1. The van der Waals surface area contributed by atoms with Gasteiger partial charge in [-0.05, 0) is 48.9 Å². The summed E-state index contributed by atoms with van der Waals surface area (Å²) >= 11 is 0. The van der Waals surface area contributed by atoms with E-state index in [4.69, 9.17) is 0 Å². The van der Waals surface area contributed by atoms with E-state index in [9.17, 15) is 22.4 Å². The molecule has 0 heterocycles. The van der Waals surface area contributed by atoms with Crippen molar-refractivity contribution in [3.63, 3.8) is 0 Å². The van der Waals surface area contributed by atoms with Gasteiger partial charge in [-0.2, -0.15) is 0 Å². The van der Waals surface area contributed by atoms with E-state index in [1.165, 1.54) is 42.5 Å². The first-order chi connectivity index (χ1) is 16.2. The lowest BCUT2D eigenvalue weighted by Gasteiger charge is -2.23. The van der Waals surface area contributed by atoms with Gasteiger partial charge in [-0.3, -0.25) is 13.9 Å². The smallest absolute Gasteiger partial charge is 0.255 e. The molecule has 2 N–H and O–H groups in total. The maximum Gasteiger partial charge on any atom is 0.255 e. The molecule has 0 aliphatic carbocycles. The normalized spacial score (nSPS) is 11.0. The molecule has 0 radical (unpaired) electrons. The van der Waals surface area contributed by atoms with Gasteiger partial charge in [-0.1, -0.05) is 37.3 Å². The van der Waals surface area contributed by atoms with Crippen molar-refractivity contribution in [2.24, 2.45) is 0 Å². The summed E-state index contributed by atoms with van der Waals surface area (Å²) < 4.78 is 39.9. The number of hydrogen-bond acceptors (Lipinski definition) is 4. The monoisotopic (exact) mass is 483 g/mol. The van der Waals surface area contributed by atoms with Gasteiger partial charge in [0, 0.05) is 17.7 Å². The summed E-state index contributed by atoms with van der Waals surface area (Å²) in [6.07, 6.45) is 1.82. The topological polar surface area (TPSA) is 95.6 Å². The van der Waals surface area contributed by atoms with Crippen molar-refractivity contribution in [3.8, 4) is 0 Å². The van der Waals surface area contributed by atoms with Crippen LogP contribution in [0.4, 0.5) is 15.8 Å². The molecule has 9 heteroatoms. The van der Waals surface area contributed by atoms with Crippen molar-refractivity contribution < 1.29 is 22.4 Å². The first-order valence-electron chi connectivity index (χ1n) is 10.7. The number of sulfonamides is 1. The van der Waals surface area contributed by atoms with Crippen LogP contribution in [-0.2, 0) is 16.6 Å². The van der Waals surface area contributed by atoms with Gasteiger partial charge in [0.15, 0.2) is 0 Å². The van der Waals surface area contributed by atoms with E-state index < -0.39 is 21.7 Å². The Morgan fingerprint density at radius 1 is 0.912 bits per heavy atom. The second-order valence-electron chi connectivity index (χ2n) is 7.66. The summed E-state index contributed by atoms with van der Waals surface area (Å²) in [4.78, 5) is 25.2. The van der Waals surface area contributed by atoms with Gasteiger partial charge in [-0.25, -0.2) is 12.8 Å². The molecule has 0 spiro atoms. The lowest BCUT2D eigenvalue weighted by Crippen LogP contribution is -2.29. The second kappa shape index (κ2) is 10.9. The molecule has 3 aromatic carbocycles. The highest BCUT2D eigenvalue weighted by Gasteiger charge is 2.20. The molecule has 0 aliphatic rings. The fraction of sp³-hybridized carbons (Fsp3) is 0.200. The number of nitrogens with zero attached hydrogens (tertiary/aromatic N) is 1. The minimum atomic E-state index is -3.72. The average molecular weight is 484 g/mol. The van der Waals surface area contributed by atoms with Crippen LogP contribution < -0.4 is 14.9 Å². The molecule has 7 nitrogen and oxygen atoms in total. The Morgan fingerprint density at radius 2 is 1.56 bits per heavy atom. The van der Waals surface area contributed by atoms with Gasteiger partial charge in [-0.15, -0.1) is 0 Å². The van der Waals surface area contributed by atoms with E-state index in [0.29, 0.717) is 23.5 Å². The number of carbonyl (C=O) groups is 2. The van der Waals surface area contributed by atoms with Gasteiger partial charge in [0.1, 0.15) is 5.82 Å². The zero-order valence-electron chi connectivity index (χ0n) is 18.9. The van der Waals surface area contributed by atoms with Crippen LogP contribution in [0.15, 0.2) is 72.8 Å². The third-order valence-corrected chi connectivity index (χ3v) is 6.19. The molecule has 3 rings (SSSR count). The number of nitrogens with one attached hydrogen (secondary N) is 2. The zero-order valence-corrected chi connectivity index (χ0v) is 19.7. The van der Waals surface area contributed by atoms with Crippen LogP contribution in [0.5, 0.6) is 0 Å². The highest BCUT2D eigenvalue weighted by molar-refractivity contribution is 7.92. The number of anilines is 2. The lowest BCUT2D eigenvalue weighted by molar-refractivity contribution is 0.0954. The summed E-state index contributed by atoms with van der Waals surface area (Å²) in [6.45, 7) is 2.28. The molecule has 0 aliphatic heterocycles. The number of carbonyl (C=O) groups excluding carboxylic acids is 2. The Kier molecular flexibility index (Phi) is 8.01. The van der Waals surface area contributed by atoms with Gasteiger partial charge >= 0.3 is 0 Å². The molecule has 0 saturated carbocycles. The fourth-order valence-corrected chi connectivity index (χ4v) is 4.16. The SMILES string of the molecule is CCCNC(=O)c1ccccc1NC(=O)c1ccc(N(Cc2ccccc2F)S(C)(=O)=O)cc1. The summed E-state index contributed by atoms with van der Waals surface area (Å²) in [5.74, 6) is -1.25. The Morgan fingerprint density at radius 3 is 2.21 bits per heavy atom. The van der Waals surface area contributed by atoms with E-state index in [1.807, 2.05) is 6.92 Å². The van der Waals surface area contributed by atoms with Crippen molar-refractivity contribution in [1.82, 2.24) is 5.32 Å². The molecular formula is C25H26FN3O4S. The quantitative estimate of drug-likeness (QED) is 0.477. The van der Waals surface area contributed by atoms with Crippen LogP contribution >= 0.6 is 0 Å².